The Morgan fingerprint density at radius 3 is 1.24 bits per heavy atom. The molecule has 1 fully saturated rings. The fourth-order valence-electron chi connectivity index (χ4n) is 10.7. The maximum atomic E-state index is 13.5. The Balaban J connectivity index is 2.55. The smallest absolute Gasteiger partial charge is 0.306 e. The van der Waals surface area contributed by atoms with E-state index < -0.39 is 67.4 Å². The first-order valence-electron chi connectivity index (χ1n) is 36.3. The van der Waals surface area contributed by atoms with Crippen LogP contribution in [-0.2, 0) is 23.8 Å². The number of unbranched alkanes of at least 4 members (excludes halogenated alkanes) is 29. The zero-order valence-electron chi connectivity index (χ0n) is 56.8. The van der Waals surface area contributed by atoms with Crippen LogP contribution in [0.25, 0.3) is 0 Å². The average Bonchev–Trinajstić information content (AvgIpc) is 2.36. The molecular formula is C78H133NO10. The van der Waals surface area contributed by atoms with E-state index in [-0.39, 0.29) is 19.4 Å². The molecule has 1 rings (SSSR count). The van der Waals surface area contributed by atoms with Gasteiger partial charge in [-0.15, -0.1) is 0 Å². The number of esters is 1. The molecule has 1 heterocycles. The number of hydrogen-bond acceptors (Lipinski definition) is 10. The fourth-order valence-corrected chi connectivity index (χ4v) is 10.7. The molecule has 6 N–H and O–H groups in total. The van der Waals surface area contributed by atoms with Crippen molar-refractivity contribution in [3.8, 4) is 0 Å². The Bertz CT molecular complexity index is 1920. The van der Waals surface area contributed by atoms with Gasteiger partial charge in [0, 0.05) is 6.42 Å². The molecule has 1 saturated heterocycles. The van der Waals surface area contributed by atoms with E-state index >= 15 is 0 Å². The van der Waals surface area contributed by atoms with Crippen LogP contribution < -0.4 is 5.32 Å². The fraction of sp³-hybridized carbons (Fsp3) is 0.718. The predicted molar refractivity (Wildman–Crippen MR) is 374 cm³/mol. The first kappa shape index (κ1) is 83.1. The third kappa shape index (κ3) is 51.3. The van der Waals surface area contributed by atoms with Gasteiger partial charge in [0.25, 0.3) is 0 Å². The molecule has 510 valence electrons. The molecule has 89 heavy (non-hydrogen) atoms. The van der Waals surface area contributed by atoms with Gasteiger partial charge in [-0.3, -0.25) is 9.59 Å². The van der Waals surface area contributed by atoms with E-state index in [9.17, 15) is 35.1 Å². The zero-order valence-corrected chi connectivity index (χ0v) is 56.8. The molecule has 0 bridgehead atoms. The van der Waals surface area contributed by atoms with Crippen LogP contribution in [0.3, 0.4) is 0 Å². The van der Waals surface area contributed by atoms with Crippen LogP contribution in [0.1, 0.15) is 297 Å². The molecule has 0 aliphatic carbocycles. The highest BCUT2D eigenvalue weighted by molar-refractivity contribution is 5.80. The molecule has 8 unspecified atom stereocenters. The Labute approximate surface area is 544 Å². The van der Waals surface area contributed by atoms with Crippen molar-refractivity contribution in [3.63, 3.8) is 0 Å². The molecule has 11 nitrogen and oxygen atoms in total. The van der Waals surface area contributed by atoms with Gasteiger partial charge in [-0.25, -0.2) is 0 Å². The van der Waals surface area contributed by atoms with Gasteiger partial charge in [-0.05, 0) is 116 Å². The molecule has 1 aliphatic rings. The van der Waals surface area contributed by atoms with Crippen LogP contribution >= 0.6 is 0 Å². The summed E-state index contributed by atoms with van der Waals surface area (Å²) in [4.78, 5) is 26.7. The van der Waals surface area contributed by atoms with Crippen LogP contribution in [0.5, 0.6) is 0 Å². The molecule has 0 spiro atoms. The second-order valence-corrected chi connectivity index (χ2v) is 24.6. The van der Waals surface area contributed by atoms with Gasteiger partial charge >= 0.3 is 5.97 Å². The monoisotopic (exact) mass is 1240 g/mol. The molecular weight excluding hydrogens is 1110 g/mol. The van der Waals surface area contributed by atoms with Gasteiger partial charge in [-0.1, -0.05) is 296 Å². The number of nitrogens with one attached hydrogen (secondary N) is 1. The summed E-state index contributed by atoms with van der Waals surface area (Å²) in [6, 6.07) is -1.04. The van der Waals surface area contributed by atoms with Crippen molar-refractivity contribution in [2.75, 3.05) is 13.2 Å². The summed E-state index contributed by atoms with van der Waals surface area (Å²) in [5.74, 6) is -1.21. The van der Waals surface area contributed by atoms with E-state index in [0.717, 1.165) is 141 Å². The third-order valence-electron chi connectivity index (χ3n) is 16.3. The standard InChI is InChI=1S/C78H133NO10/c1-4-7-10-13-16-19-22-24-26-28-30-32-34-35-36-37-38-40-42-44-46-48-51-54-57-60-63-66-73(83)89-76-75(85)74(84)72(67-80)88-78(76)87-68-69(70(81)64-61-58-55-52-49-21-18-15-12-9-6-3)79-77(86)71(82)65-62-59-56-53-50-47-45-43-41-39-33-31-29-27-25-23-20-17-14-11-8-5-2/h8,11,16-17,19-20,24-27,30-33,35-36,41,43,61,64,69-72,74-76,78,80-82,84-85H,4-7,9-10,12-15,18,21-23,28-29,34,37-40,42,44-60,62-63,65-68H2,1-3H3,(H,79,86)/b11-8-,19-16-,20-17-,26-24-,27-25-,32-30-,33-31-,36-35-,43-41-,64-61+. The van der Waals surface area contributed by atoms with E-state index in [2.05, 4.69) is 135 Å². The Morgan fingerprint density at radius 1 is 0.449 bits per heavy atom. The summed E-state index contributed by atoms with van der Waals surface area (Å²) in [5.41, 5.74) is 0. The van der Waals surface area contributed by atoms with Crippen LogP contribution in [0.4, 0.5) is 0 Å². The van der Waals surface area contributed by atoms with Crippen molar-refractivity contribution in [1.29, 1.82) is 0 Å². The van der Waals surface area contributed by atoms with Crippen LogP contribution in [0.2, 0.25) is 0 Å². The van der Waals surface area contributed by atoms with E-state index in [1.54, 1.807) is 6.08 Å². The lowest BCUT2D eigenvalue weighted by atomic mass is 9.99. The van der Waals surface area contributed by atoms with Gasteiger partial charge in [0.15, 0.2) is 12.4 Å². The minimum Gasteiger partial charge on any atom is -0.454 e. The molecule has 0 aromatic rings. The van der Waals surface area contributed by atoms with Crippen LogP contribution in [0.15, 0.2) is 122 Å². The highest BCUT2D eigenvalue weighted by Gasteiger charge is 2.47. The number of ether oxygens (including phenoxy) is 3. The van der Waals surface area contributed by atoms with Gasteiger partial charge in [-0.2, -0.15) is 0 Å². The number of hydrogen-bond donors (Lipinski definition) is 6. The Kier molecular flexibility index (Phi) is 59.9. The molecule has 8 atom stereocenters. The largest absolute Gasteiger partial charge is 0.454 e. The molecule has 11 heteroatoms. The van der Waals surface area contributed by atoms with E-state index in [1.165, 1.54) is 109 Å². The van der Waals surface area contributed by atoms with Crippen molar-refractivity contribution >= 4 is 11.9 Å². The second-order valence-electron chi connectivity index (χ2n) is 24.6. The van der Waals surface area contributed by atoms with Gasteiger partial charge in [0.2, 0.25) is 5.91 Å². The van der Waals surface area contributed by atoms with Crippen molar-refractivity contribution in [2.45, 2.75) is 346 Å². The minimum absolute atomic E-state index is 0.112. The topological polar surface area (TPSA) is 175 Å². The van der Waals surface area contributed by atoms with Gasteiger partial charge in [0.05, 0.1) is 25.4 Å². The van der Waals surface area contributed by atoms with Crippen molar-refractivity contribution in [1.82, 2.24) is 5.32 Å². The highest BCUT2D eigenvalue weighted by atomic mass is 16.7. The number of carbonyl (C=O) groups excluding carboxylic acids is 2. The number of allylic oxidation sites excluding steroid dienone is 19. The SMILES string of the molecule is CC/C=C\C/C=C\C/C=C\C/C=C\C/C=C\CCCCCCCCC(O)C(=O)NC(COC1OC(CO)C(O)C(O)C1OC(=O)CCCCCCCCCCCCC/C=C\C/C=C\C/C=C\C/C=C\CCCCC)C(O)/C=C/CCCCCCCCCCC. The first-order chi connectivity index (χ1) is 43.7. The quantitative estimate of drug-likeness (QED) is 0.0195. The van der Waals surface area contributed by atoms with Crippen molar-refractivity contribution in [3.05, 3.63) is 122 Å². The maximum absolute atomic E-state index is 13.5. The highest BCUT2D eigenvalue weighted by Crippen LogP contribution is 2.26. The summed E-state index contributed by atoms with van der Waals surface area (Å²) in [5, 5.41) is 57.2. The summed E-state index contributed by atoms with van der Waals surface area (Å²) in [6.07, 6.45) is 79.5. The molecule has 0 aromatic heterocycles. The minimum atomic E-state index is -1.63. The number of aliphatic hydroxyl groups is 5. The van der Waals surface area contributed by atoms with Crippen molar-refractivity contribution < 1.29 is 49.3 Å². The third-order valence-corrected chi connectivity index (χ3v) is 16.3. The molecule has 0 aromatic carbocycles. The lowest BCUT2D eigenvalue weighted by Gasteiger charge is -2.41. The van der Waals surface area contributed by atoms with Gasteiger partial charge < -0.3 is 45.1 Å². The number of amides is 1. The summed E-state index contributed by atoms with van der Waals surface area (Å²) >= 11 is 0. The second kappa shape index (κ2) is 64.2. The van der Waals surface area contributed by atoms with Crippen LogP contribution in [0, 0.1) is 0 Å². The number of carbonyl (C=O) groups is 2. The number of aliphatic hydroxyl groups excluding tert-OH is 5. The summed E-state index contributed by atoms with van der Waals surface area (Å²) in [7, 11) is 0. The first-order valence-corrected chi connectivity index (χ1v) is 36.3. The Hall–Kier alpha value is -3.94. The molecule has 0 saturated carbocycles. The molecule has 0 radical (unpaired) electrons. The lowest BCUT2D eigenvalue weighted by Crippen LogP contribution is -2.61. The predicted octanol–water partition coefficient (Wildman–Crippen LogP) is 19.0. The molecule has 1 amide bonds. The van der Waals surface area contributed by atoms with E-state index in [1.807, 2.05) is 6.08 Å². The van der Waals surface area contributed by atoms with Crippen molar-refractivity contribution in [2.24, 2.45) is 0 Å². The average molecular weight is 1240 g/mol. The zero-order chi connectivity index (χ0) is 64.6. The summed E-state index contributed by atoms with van der Waals surface area (Å²) < 4.78 is 17.7. The van der Waals surface area contributed by atoms with E-state index in [0.29, 0.717) is 12.8 Å². The number of rotatable bonds is 61. The Morgan fingerprint density at radius 2 is 0.809 bits per heavy atom. The normalized spacial score (nSPS) is 18.9. The summed E-state index contributed by atoms with van der Waals surface area (Å²) in [6.45, 7) is 5.65. The lowest BCUT2D eigenvalue weighted by molar-refractivity contribution is -0.305. The van der Waals surface area contributed by atoms with Gasteiger partial charge in [0.1, 0.15) is 24.4 Å². The maximum Gasteiger partial charge on any atom is 0.306 e. The van der Waals surface area contributed by atoms with Crippen LogP contribution in [-0.4, -0.2) is 99.6 Å². The molecule has 1 aliphatic heterocycles. The van der Waals surface area contributed by atoms with E-state index in [4.69, 9.17) is 14.2 Å².